The lowest BCUT2D eigenvalue weighted by atomic mass is 10.1. The van der Waals surface area contributed by atoms with E-state index in [9.17, 15) is 9.59 Å². The molecule has 2 aromatic rings. The zero-order valence-electron chi connectivity index (χ0n) is 12.9. The molecule has 1 aromatic heterocycles. The fourth-order valence-corrected chi connectivity index (χ4v) is 1.96. The van der Waals surface area contributed by atoms with Gasteiger partial charge in [0.25, 0.3) is 0 Å². The number of amides is 2. The van der Waals surface area contributed by atoms with Crippen LogP contribution in [-0.4, -0.2) is 16.8 Å². The van der Waals surface area contributed by atoms with Crippen molar-refractivity contribution in [1.82, 2.24) is 4.98 Å². The Kier molecular flexibility index (Phi) is 4.88. The van der Waals surface area contributed by atoms with E-state index >= 15 is 0 Å². The third kappa shape index (κ3) is 3.91. The van der Waals surface area contributed by atoms with Crippen molar-refractivity contribution < 1.29 is 9.59 Å². The largest absolute Gasteiger partial charge is 0.326 e. The summed E-state index contributed by atoms with van der Waals surface area (Å²) in [5.74, 6) is -0.308. The number of aromatic nitrogens is 1. The Hall–Kier alpha value is -2.69. The molecule has 0 aliphatic carbocycles. The lowest BCUT2D eigenvalue weighted by Gasteiger charge is -2.12. The van der Waals surface area contributed by atoms with E-state index in [-0.39, 0.29) is 17.7 Å². The second-order valence-corrected chi connectivity index (χ2v) is 5.31. The number of nitrogens with one attached hydrogen (secondary N) is 2. The molecule has 0 spiro atoms. The fourth-order valence-electron chi connectivity index (χ4n) is 1.96. The number of hydrogen-bond acceptors (Lipinski definition) is 3. The molecule has 0 aliphatic rings. The van der Waals surface area contributed by atoms with Crippen molar-refractivity contribution in [3.63, 3.8) is 0 Å². The first-order valence-electron chi connectivity index (χ1n) is 7.11. The normalized spacial score (nSPS) is 10.4. The number of nitrogens with zero attached hydrogens (tertiary/aromatic N) is 1. The quantitative estimate of drug-likeness (QED) is 0.909. The molecule has 0 radical (unpaired) electrons. The van der Waals surface area contributed by atoms with Crippen LogP contribution in [0.15, 0.2) is 42.6 Å². The Labute approximate surface area is 129 Å². The molecule has 1 aromatic carbocycles. The highest BCUT2D eigenvalue weighted by molar-refractivity contribution is 5.96. The molecule has 114 valence electrons. The minimum absolute atomic E-state index is 0.0627. The van der Waals surface area contributed by atoms with Gasteiger partial charge in [-0.1, -0.05) is 26.0 Å². The summed E-state index contributed by atoms with van der Waals surface area (Å²) in [6.45, 7) is 5.13. The Balaban J connectivity index is 2.36. The number of anilines is 2. The summed E-state index contributed by atoms with van der Waals surface area (Å²) >= 11 is 0. The van der Waals surface area contributed by atoms with E-state index in [0.717, 1.165) is 5.56 Å². The molecule has 1 heterocycles. The van der Waals surface area contributed by atoms with Gasteiger partial charge in [0.1, 0.15) is 0 Å². The molecule has 5 nitrogen and oxygen atoms in total. The van der Waals surface area contributed by atoms with E-state index in [0.29, 0.717) is 17.1 Å². The van der Waals surface area contributed by atoms with Crippen molar-refractivity contribution >= 4 is 23.2 Å². The fraction of sp³-hybridized carbons (Fsp3) is 0.235. The van der Waals surface area contributed by atoms with Gasteiger partial charge in [0.2, 0.25) is 11.8 Å². The molecule has 22 heavy (non-hydrogen) atoms. The van der Waals surface area contributed by atoms with Crippen LogP contribution >= 0.6 is 0 Å². The minimum Gasteiger partial charge on any atom is -0.326 e. The van der Waals surface area contributed by atoms with E-state index in [1.807, 2.05) is 38.1 Å². The zero-order chi connectivity index (χ0) is 16.1. The highest BCUT2D eigenvalue weighted by Gasteiger charge is 2.12. The summed E-state index contributed by atoms with van der Waals surface area (Å²) < 4.78 is 0. The Morgan fingerprint density at radius 1 is 1.09 bits per heavy atom. The maximum Gasteiger partial charge on any atom is 0.226 e. The van der Waals surface area contributed by atoms with Gasteiger partial charge in [-0.05, 0) is 24.3 Å². The van der Waals surface area contributed by atoms with E-state index in [1.54, 1.807) is 18.3 Å². The number of carbonyl (C=O) groups excluding carboxylic acids is 2. The smallest absolute Gasteiger partial charge is 0.226 e. The van der Waals surface area contributed by atoms with Gasteiger partial charge in [-0.3, -0.25) is 14.6 Å². The maximum atomic E-state index is 11.9. The first-order chi connectivity index (χ1) is 10.5. The van der Waals surface area contributed by atoms with E-state index < -0.39 is 0 Å². The van der Waals surface area contributed by atoms with Gasteiger partial charge in [-0.15, -0.1) is 0 Å². The number of hydrogen-bond donors (Lipinski definition) is 2. The molecule has 2 amide bonds. The summed E-state index contributed by atoms with van der Waals surface area (Å²) in [6, 6.07) is 10.9. The average Bonchev–Trinajstić information content (AvgIpc) is 2.47. The van der Waals surface area contributed by atoms with Gasteiger partial charge >= 0.3 is 0 Å². The molecular weight excluding hydrogens is 278 g/mol. The van der Waals surface area contributed by atoms with Crippen LogP contribution in [0.5, 0.6) is 0 Å². The zero-order valence-corrected chi connectivity index (χ0v) is 12.9. The molecule has 0 bridgehead atoms. The molecule has 0 saturated heterocycles. The van der Waals surface area contributed by atoms with Crippen molar-refractivity contribution in [1.29, 1.82) is 0 Å². The van der Waals surface area contributed by atoms with Crippen molar-refractivity contribution in [2.24, 2.45) is 5.92 Å². The Morgan fingerprint density at radius 2 is 1.86 bits per heavy atom. The number of benzene rings is 1. The van der Waals surface area contributed by atoms with Crippen LogP contribution < -0.4 is 10.6 Å². The molecule has 2 N–H and O–H groups in total. The predicted octanol–water partition coefficient (Wildman–Crippen LogP) is 3.30. The molecule has 5 heteroatoms. The van der Waals surface area contributed by atoms with Crippen LogP contribution in [-0.2, 0) is 9.59 Å². The topological polar surface area (TPSA) is 71.1 Å². The molecule has 0 unspecified atom stereocenters. The van der Waals surface area contributed by atoms with Crippen molar-refractivity contribution in [3.05, 3.63) is 42.6 Å². The van der Waals surface area contributed by atoms with Gasteiger partial charge in [0.05, 0.1) is 11.4 Å². The van der Waals surface area contributed by atoms with Crippen LogP contribution in [0.4, 0.5) is 11.4 Å². The second-order valence-electron chi connectivity index (χ2n) is 5.31. The maximum absolute atomic E-state index is 11.9. The van der Waals surface area contributed by atoms with Crippen LogP contribution in [0.2, 0.25) is 0 Å². The summed E-state index contributed by atoms with van der Waals surface area (Å²) in [5, 5.41) is 5.62. The standard InChI is InChI=1S/C17H19N3O2/c1-11(2)17(22)20-15-8-5-9-18-16(15)13-6-4-7-14(10-13)19-12(3)21/h4-11H,1-3H3,(H,19,21)(H,20,22). The van der Waals surface area contributed by atoms with E-state index in [2.05, 4.69) is 15.6 Å². The second kappa shape index (κ2) is 6.85. The first-order valence-corrected chi connectivity index (χ1v) is 7.11. The molecule has 0 aliphatic heterocycles. The van der Waals surface area contributed by atoms with Gasteiger partial charge in [-0.2, -0.15) is 0 Å². The minimum atomic E-state index is -0.133. The first kappa shape index (κ1) is 15.7. The highest BCUT2D eigenvalue weighted by atomic mass is 16.2. The lowest BCUT2D eigenvalue weighted by molar-refractivity contribution is -0.119. The van der Waals surface area contributed by atoms with Gasteiger partial charge < -0.3 is 10.6 Å². The number of rotatable bonds is 4. The summed E-state index contributed by atoms with van der Waals surface area (Å²) in [4.78, 5) is 27.4. The third-order valence-electron chi connectivity index (χ3n) is 3.05. The third-order valence-corrected chi connectivity index (χ3v) is 3.05. The molecule has 0 atom stereocenters. The molecule has 2 rings (SSSR count). The summed E-state index contributed by atoms with van der Waals surface area (Å²) in [7, 11) is 0. The lowest BCUT2D eigenvalue weighted by Crippen LogP contribution is -2.18. The van der Waals surface area contributed by atoms with Gasteiger partial charge in [-0.25, -0.2) is 0 Å². The van der Waals surface area contributed by atoms with Gasteiger partial charge in [0, 0.05) is 30.3 Å². The van der Waals surface area contributed by atoms with Crippen molar-refractivity contribution in [2.75, 3.05) is 10.6 Å². The van der Waals surface area contributed by atoms with Crippen LogP contribution in [0.25, 0.3) is 11.3 Å². The molecular formula is C17H19N3O2. The SMILES string of the molecule is CC(=O)Nc1cccc(-c2ncccc2NC(=O)C(C)C)c1. The average molecular weight is 297 g/mol. The predicted molar refractivity (Wildman–Crippen MR) is 87.4 cm³/mol. The molecule has 0 saturated carbocycles. The van der Waals surface area contributed by atoms with Gasteiger partial charge in [0.15, 0.2) is 0 Å². The van der Waals surface area contributed by atoms with Crippen LogP contribution in [0.1, 0.15) is 20.8 Å². The monoisotopic (exact) mass is 297 g/mol. The van der Waals surface area contributed by atoms with E-state index in [1.165, 1.54) is 6.92 Å². The number of carbonyl (C=O) groups is 2. The Bertz CT molecular complexity index is 696. The summed E-state index contributed by atoms with van der Waals surface area (Å²) in [5.41, 5.74) is 2.84. The highest BCUT2D eigenvalue weighted by Crippen LogP contribution is 2.27. The number of pyridine rings is 1. The van der Waals surface area contributed by atoms with Crippen molar-refractivity contribution in [3.8, 4) is 11.3 Å². The molecule has 0 fully saturated rings. The summed E-state index contributed by atoms with van der Waals surface area (Å²) in [6.07, 6.45) is 1.67. The van der Waals surface area contributed by atoms with Crippen LogP contribution in [0, 0.1) is 5.92 Å². The Morgan fingerprint density at radius 3 is 2.55 bits per heavy atom. The van der Waals surface area contributed by atoms with Crippen LogP contribution in [0.3, 0.4) is 0 Å². The van der Waals surface area contributed by atoms with Crippen molar-refractivity contribution in [2.45, 2.75) is 20.8 Å². The van der Waals surface area contributed by atoms with E-state index in [4.69, 9.17) is 0 Å².